The second kappa shape index (κ2) is 8.34. The zero-order valence-electron chi connectivity index (χ0n) is 15.1. The molecule has 26 heavy (non-hydrogen) atoms. The number of hydrogen-bond donors (Lipinski definition) is 3. The van der Waals surface area contributed by atoms with Gasteiger partial charge in [-0.05, 0) is 19.9 Å². The van der Waals surface area contributed by atoms with Crippen molar-refractivity contribution in [2.75, 3.05) is 26.7 Å². The summed E-state index contributed by atoms with van der Waals surface area (Å²) in [4.78, 5) is 36.3. The molecular formula is C18H26N6O2. The predicted molar refractivity (Wildman–Crippen MR) is 96.8 cm³/mol. The molecule has 8 heteroatoms. The van der Waals surface area contributed by atoms with Crippen LogP contribution in [0.3, 0.4) is 0 Å². The lowest BCUT2D eigenvalue weighted by molar-refractivity contribution is -0.126. The van der Waals surface area contributed by atoms with Gasteiger partial charge < -0.3 is 15.6 Å². The van der Waals surface area contributed by atoms with E-state index in [2.05, 4.69) is 43.4 Å². The molecule has 140 valence electrons. The van der Waals surface area contributed by atoms with Gasteiger partial charge in [0.1, 0.15) is 11.9 Å². The van der Waals surface area contributed by atoms with Crippen molar-refractivity contribution in [2.24, 2.45) is 0 Å². The molecule has 1 aromatic rings. The van der Waals surface area contributed by atoms with Crippen molar-refractivity contribution in [1.82, 2.24) is 30.4 Å². The van der Waals surface area contributed by atoms with Crippen LogP contribution in [0.1, 0.15) is 25.1 Å². The molecule has 3 N–H and O–H groups in total. The largest absolute Gasteiger partial charge is 0.353 e. The number of nitrogens with one attached hydrogen (secondary N) is 3. The molecule has 2 amide bonds. The van der Waals surface area contributed by atoms with Gasteiger partial charge in [-0.25, -0.2) is 4.98 Å². The molecule has 0 bridgehead atoms. The van der Waals surface area contributed by atoms with Gasteiger partial charge in [0.05, 0.1) is 13.1 Å². The van der Waals surface area contributed by atoms with E-state index < -0.39 is 0 Å². The van der Waals surface area contributed by atoms with Gasteiger partial charge >= 0.3 is 0 Å². The van der Waals surface area contributed by atoms with E-state index in [1.54, 1.807) is 12.4 Å². The number of aromatic amines is 1. The predicted octanol–water partition coefficient (Wildman–Crippen LogP) is -0.688. The highest BCUT2D eigenvalue weighted by molar-refractivity contribution is 5.83. The van der Waals surface area contributed by atoms with Crippen LogP contribution in [-0.2, 0) is 16.1 Å². The standard InChI is InChI=1S/C18H26N6O2/c1-3-7-21-16(25)5-4-13-11-22-18(26)17-14(23(13)2)6-10-24(17)12-15-19-8-9-20-15/h1,8-9,13-14,17H,4-7,10-12H2,2H3,(H,19,20)(H,21,25)(H,22,26). The van der Waals surface area contributed by atoms with Gasteiger partial charge in [-0.3, -0.25) is 19.4 Å². The summed E-state index contributed by atoms with van der Waals surface area (Å²) >= 11 is 0. The SMILES string of the molecule is C#CCNC(=O)CCC1CNC(=O)C2C(CCN2Cc2ncc[nH]2)N1C. The van der Waals surface area contributed by atoms with Crippen molar-refractivity contribution in [1.29, 1.82) is 0 Å². The quantitative estimate of drug-likeness (QED) is 0.586. The summed E-state index contributed by atoms with van der Waals surface area (Å²) in [6.45, 7) is 2.29. The first-order valence-electron chi connectivity index (χ1n) is 9.02. The maximum atomic E-state index is 12.7. The Labute approximate surface area is 153 Å². The number of fused-ring (bicyclic) bond motifs is 1. The minimum absolute atomic E-state index is 0.0469. The molecule has 1 aromatic heterocycles. The fourth-order valence-electron chi connectivity index (χ4n) is 3.94. The van der Waals surface area contributed by atoms with E-state index in [0.29, 0.717) is 25.9 Å². The van der Waals surface area contributed by atoms with Crippen molar-refractivity contribution in [3.8, 4) is 12.3 Å². The van der Waals surface area contributed by atoms with E-state index in [0.717, 1.165) is 18.8 Å². The maximum absolute atomic E-state index is 12.7. The van der Waals surface area contributed by atoms with E-state index in [-0.39, 0.29) is 36.5 Å². The molecule has 0 aliphatic carbocycles. The van der Waals surface area contributed by atoms with Crippen molar-refractivity contribution >= 4 is 11.8 Å². The number of amides is 2. The van der Waals surface area contributed by atoms with Gasteiger partial charge in [0, 0.05) is 44.0 Å². The zero-order valence-corrected chi connectivity index (χ0v) is 15.1. The average Bonchev–Trinajstić information content (AvgIpc) is 3.27. The van der Waals surface area contributed by atoms with E-state index in [4.69, 9.17) is 6.42 Å². The molecule has 0 spiro atoms. The van der Waals surface area contributed by atoms with Crippen LogP contribution >= 0.6 is 0 Å². The Balaban J connectivity index is 1.62. The molecule has 3 rings (SSSR count). The average molecular weight is 358 g/mol. The van der Waals surface area contributed by atoms with Crippen LogP contribution in [0.2, 0.25) is 0 Å². The molecule has 2 fully saturated rings. The Morgan fingerprint density at radius 2 is 2.38 bits per heavy atom. The van der Waals surface area contributed by atoms with Crippen LogP contribution in [0.25, 0.3) is 0 Å². The van der Waals surface area contributed by atoms with Gasteiger partial charge in [0.25, 0.3) is 0 Å². The lowest BCUT2D eigenvalue weighted by Gasteiger charge is -2.32. The minimum atomic E-state index is -0.189. The van der Waals surface area contributed by atoms with Crippen LogP contribution < -0.4 is 10.6 Å². The van der Waals surface area contributed by atoms with Crippen molar-refractivity contribution in [2.45, 2.75) is 43.9 Å². The number of likely N-dealkylation sites (tertiary alicyclic amines) is 1. The first kappa shape index (κ1) is 18.4. The molecular weight excluding hydrogens is 332 g/mol. The van der Waals surface area contributed by atoms with Gasteiger partial charge in [-0.15, -0.1) is 6.42 Å². The highest BCUT2D eigenvalue weighted by Crippen LogP contribution is 2.28. The fraction of sp³-hybridized carbons (Fsp3) is 0.611. The summed E-state index contributed by atoms with van der Waals surface area (Å²) in [6.07, 6.45) is 10.7. The molecule has 0 saturated carbocycles. The minimum Gasteiger partial charge on any atom is -0.353 e. The summed E-state index contributed by atoms with van der Waals surface area (Å²) < 4.78 is 0. The molecule has 2 aliphatic heterocycles. The van der Waals surface area contributed by atoms with Gasteiger partial charge in [0.15, 0.2) is 0 Å². The number of imidazole rings is 1. The number of aromatic nitrogens is 2. The molecule has 2 saturated heterocycles. The number of likely N-dealkylation sites (N-methyl/N-ethyl adjacent to an activating group) is 1. The second-order valence-corrected chi connectivity index (χ2v) is 6.89. The molecule has 0 aromatic carbocycles. The van der Waals surface area contributed by atoms with Crippen molar-refractivity contribution in [3.63, 3.8) is 0 Å². The number of carbonyl (C=O) groups excluding carboxylic acids is 2. The third kappa shape index (κ3) is 4.06. The Hall–Kier alpha value is -2.37. The van der Waals surface area contributed by atoms with Crippen molar-refractivity contribution in [3.05, 3.63) is 18.2 Å². The fourth-order valence-corrected chi connectivity index (χ4v) is 3.94. The Bertz CT molecular complexity index is 668. The first-order valence-corrected chi connectivity index (χ1v) is 9.02. The van der Waals surface area contributed by atoms with Gasteiger partial charge in [-0.1, -0.05) is 5.92 Å². The number of hydrogen-bond acceptors (Lipinski definition) is 5. The summed E-state index contributed by atoms with van der Waals surface area (Å²) in [5.41, 5.74) is 0. The highest BCUT2D eigenvalue weighted by atomic mass is 16.2. The maximum Gasteiger partial charge on any atom is 0.239 e. The zero-order chi connectivity index (χ0) is 18.5. The summed E-state index contributed by atoms with van der Waals surface area (Å²) in [7, 11) is 2.05. The third-order valence-electron chi connectivity index (χ3n) is 5.35. The lowest BCUT2D eigenvalue weighted by Crippen LogP contribution is -2.49. The van der Waals surface area contributed by atoms with Crippen LogP contribution in [0.4, 0.5) is 0 Å². The number of carbonyl (C=O) groups is 2. The second-order valence-electron chi connectivity index (χ2n) is 6.89. The molecule has 8 nitrogen and oxygen atoms in total. The number of terminal acetylenes is 1. The van der Waals surface area contributed by atoms with E-state index in [1.165, 1.54) is 0 Å². The van der Waals surface area contributed by atoms with Crippen LogP contribution in [0.5, 0.6) is 0 Å². The van der Waals surface area contributed by atoms with Crippen molar-refractivity contribution < 1.29 is 9.59 Å². The number of rotatable bonds is 6. The Morgan fingerprint density at radius 3 is 3.12 bits per heavy atom. The van der Waals surface area contributed by atoms with Crippen LogP contribution in [0, 0.1) is 12.3 Å². The van der Waals surface area contributed by atoms with E-state index in [1.807, 2.05) is 0 Å². The number of nitrogens with zero attached hydrogens (tertiary/aromatic N) is 3. The van der Waals surface area contributed by atoms with Crippen LogP contribution in [-0.4, -0.2) is 76.4 Å². The molecule has 3 atom stereocenters. The summed E-state index contributed by atoms with van der Waals surface area (Å²) in [5.74, 6) is 3.28. The summed E-state index contributed by atoms with van der Waals surface area (Å²) in [6, 6.07) is 0.0886. The monoisotopic (exact) mass is 358 g/mol. The normalized spacial score (nSPS) is 26.6. The molecule has 2 aliphatic rings. The molecule has 0 radical (unpaired) electrons. The van der Waals surface area contributed by atoms with Crippen LogP contribution in [0.15, 0.2) is 12.4 Å². The smallest absolute Gasteiger partial charge is 0.239 e. The van der Waals surface area contributed by atoms with Gasteiger partial charge in [-0.2, -0.15) is 0 Å². The first-order chi connectivity index (χ1) is 12.6. The van der Waals surface area contributed by atoms with E-state index >= 15 is 0 Å². The topological polar surface area (TPSA) is 93.4 Å². The number of H-pyrrole nitrogens is 1. The highest BCUT2D eigenvalue weighted by Gasteiger charge is 2.45. The van der Waals surface area contributed by atoms with Gasteiger partial charge in [0.2, 0.25) is 11.8 Å². The third-order valence-corrected chi connectivity index (χ3v) is 5.35. The summed E-state index contributed by atoms with van der Waals surface area (Å²) in [5, 5.41) is 5.75. The van der Waals surface area contributed by atoms with E-state index in [9.17, 15) is 9.59 Å². The Kier molecular flexibility index (Phi) is 5.91. The molecule has 3 unspecified atom stereocenters. The molecule has 3 heterocycles. The lowest BCUT2D eigenvalue weighted by atomic mass is 10.0. The Morgan fingerprint density at radius 1 is 1.54 bits per heavy atom.